The van der Waals surface area contributed by atoms with Crippen LogP contribution in [-0.4, -0.2) is 16.5 Å². The van der Waals surface area contributed by atoms with Crippen LogP contribution < -0.4 is 0 Å². The molecular formula is C16H18O2. The van der Waals surface area contributed by atoms with Crippen LogP contribution in [0.4, 0.5) is 0 Å². The maximum Gasteiger partial charge on any atom is 0.168 e. The van der Waals surface area contributed by atoms with Crippen LogP contribution in [-0.2, 0) is 11.2 Å². The summed E-state index contributed by atoms with van der Waals surface area (Å²) in [6.45, 7) is 3.40. The number of benzene rings is 2. The highest BCUT2D eigenvalue weighted by Gasteiger charge is 2.27. The lowest BCUT2D eigenvalue weighted by molar-refractivity contribution is -0.135. The van der Waals surface area contributed by atoms with Crippen molar-refractivity contribution in [2.24, 2.45) is 0 Å². The second-order valence-electron chi connectivity index (χ2n) is 4.87. The third-order valence-corrected chi connectivity index (χ3v) is 3.52. The summed E-state index contributed by atoms with van der Waals surface area (Å²) in [5, 5.41) is 12.2. The molecule has 0 saturated heterocycles. The van der Waals surface area contributed by atoms with Gasteiger partial charge < -0.3 is 5.11 Å². The molecule has 94 valence electrons. The van der Waals surface area contributed by atoms with Gasteiger partial charge in [-0.15, -0.1) is 0 Å². The van der Waals surface area contributed by atoms with Crippen molar-refractivity contribution < 1.29 is 9.90 Å². The third-order valence-electron chi connectivity index (χ3n) is 3.52. The standard InChI is InChI=1S/C16H18O2/c1-3-16(2,18)15(17)11-13-9-6-8-12-7-4-5-10-14(12)13/h4-10,18H,3,11H2,1-2H3. The number of ketones is 1. The Kier molecular flexibility index (Phi) is 3.48. The van der Waals surface area contributed by atoms with E-state index in [4.69, 9.17) is 0 Å². The summed E-state index contributed by atoms with van der Waals surface area (Å²) in [5.41, 5.74) is -0.247. The Morgan fingerprint density at radius 3 is 2.56 bits per heavy atom. The predicted molar refractivity (Wildman–Crippen MR) is 73.6 cm³/mol. The minimum absolute atomic E-state index is 0.124. The van der Waals surface area contributed by atoms with Gasteiger partial charge in [0.2, 0.25) is 0 Å². The van der Waals surface area contributed by atoms with Crippen molar-refractivity contribution >= 4 is 16.6 Å². The van der Waals surface area contributed by atoms with Gasteiger partial charge in [0.1, 0.15) is 5.60 Å². The van der Waals surface area contributed by atoms with E-state index in [0.717, 1.165) is 16.3 Å². The van der Waals surface area contributed by atoms with Crippen LogP contribution in [0, 0.1) is 0 Å². The molecule has 0 fully saturated rings. The molecule has 2 heteroatoms. The van der Waals surface area contributed by atoms with E-state index >= 15 is 0 Å². The van der Waals surface area contributed by atoms with Gasteiger partial charge in [-0.3, -0.25) is 4.79 Å². The normalized spacial score (nSPS) is 14.4. The van der Waals surface area contributed by atoms with Crippen molar-refractivity contribution in [3.8, 4) is 0 Å². The molecule has 0 aliphatic rings. The van der Waals surface area contributed by atoms with E-state index in [2.05, 4.69) is 0 Å². The number of hydrogen-bond donors (Lipinski definition) is 1. The topological polar surface area (TPSA) is 37.3 Å². The molecule has 1 N–H and O–H groups in total. The minimum atomic E-state index is -1.23. The molecule has 0 spiro atoms. The second kappa shape index (κ2) is 4.91. The van der Waals surface area contributed by atoms with Gasteiger partial charge in [-0.05, 0) is 29.7 Å². The first-order valence-electron chi connectivity index (χ1n) is 6.27. The fraction of sp³-hybridized carbons (Fsp3) is 0.312. The van der Waals surface area contributed by atoms with E-state index in [1.54, 1.807) is 6.92 Å². The molecule has 1 atom stereocenters. The lowest BCUT2D eigenvalue weighted by Crippen LogP contribution is -2.35. The van der Waals surface area contributed by atoms with Crippen molar-refractivity contribution in [2.75, 3.05) is 0 Å². The fourth-order valence-corrected chi connectivity index (χ4v) is 2.01. The first-order valence-corrected chi connectivity index (χ1v) is 6.27. The molecule has 0 heterocycles. The van der Waals surface area contributed by atoms with Crippen LogP contribution in [0.5, 0.6) is 0 Å². The molecule has 2 rings (SSSR count). The van der Waals surface area contributed by atoms with Crippen LogP contribution in [0.3, 0.4) is 0 Å². The van der Waals surface area contributed by atoms with Crippen molar-refractivity contribution in [3.63, 3.8) is 0 Å². The van der Waals surface area contributed by atoms with Gasteiger partial charge in [-0.1, -0.05) is 49.4 Å². The van der Waals surface area contributed by atoms with E-state index in [-0.39, 0.29) is 12.2 Å². The van der Waals surface area contributed by atoms with Crippen LogP contribution in [0.1, 0.15) is 25.8 Å². The van der Waals surface area contributed by atoms with E-state index in [0.29, 0.717) is 6.42 Å². The zero-order chi connectivity index (χ0) is 13.2. The molecule has 0 bridgehead atoms. The Hall–Kier alpha value is -1.67. The molecular weight excluding hydrogens is 224 g/mol. The summed E-state index contributed by atoms with van der Waals surface area (Å²) < 4.78 is 0. The number of Topliss-reactive ketones (excluding diaryl/α,β-unsaturated/α-hetero) is 1. The predicted octanol–water partition coefficient (Wildman–Crippen LogP) is 3.11. The van der Waals surface area contributed by atoms with Crippen molar-refractivity contribution in [1.29, 1.82) is 0 Å². The zero-order valence-corrected chi connectivity index (χ0v) is 10.8. The Balaban J connectivity index is 2.36. The van der Waals surface area contributed by atoms with Crippen molar-refractivity contribution in [2.45, 2.75) is 32.3 Å². The van der Waals surface area contributed by atoms with Crippen molar-refractivity contribution in [3.05, 3.63) is 48.0 Å². The fourth-order valence-electron chi connectivity index (χ4n) is 2.01. The molecule has 0 radical (unpaired) electrons. The summed E-state index contributed by atoms with van der Waals surface area (Å²) in [5.74, 6) is -0.124. The van der Waals surface area contributed by atoms with E-state index in [1.807, 2.05) is 49.4 Å². The highest BCUT2D eigenvalue weighted by molar-refractivity contribution is 5.94. The molecule has 2 aromatic rings. The summed E-state index contributed by atoms with van der Waals surface area (Å²) in [6, 6.07) is 13.9. The number of carbonyl (C=O) groups excluding carboxylic acids is 1. The maximum atomic E-state index is 12.1. The van der Waals surface area contributed by atoms with Crippen molar-refractivity contribution in [1.82, 2.24) is 0 Å². The quantitative estimate of drug-likeness (QED) is 0.894. The molecule has 18 heavy (non-hydrogen) atoms. The van der Waals surface area contributed by atoms with Crippen LogP contribution in [0.2, 0.25) is 0 Å². The largest absolute Gasteiger partial charge is 0.382 e. The molecule has 0 aliphatic heterocycles. The molecule has 0 aromatic heterocycles. The molecule has 2 nitrogen and oxygen atoms in total. The third kappa shape index (κ3) is 2.44. The minimum Gasteiger partial charge on any atom is -0.382 e. The Morgan fingerprint density at radius 2 is 1.83 bits per heavy atom. The van der Waals surface area contributed by atoms with E-state index < -0.39 is 5.60 Å². The van der Waals surface area contributed by atoms with Gasteiger partial charge in [0, 0.05) is 6.42 Å². The van der Waals surface area contributed by atoms with Crippen LogP contribution >= 0.6 is 0 Å². The van der Waals surface area contributed by atoms with E-state index in [9.17, 15) is 9.90 Å². The van der Waals surface area contributed by atoms with E-state index in [1.165, 1.54) is 0 Å². The molecule has 0 aliphatic carbocycles. The van der Waals surface area contributed by atoms with Crippen LogP contribution in [0.15, 0.2) is 42.5 Å². The molecule has 0 saturated carbocycles. The first-order chi connectivity index (χ1) is 8.54. The SMILES string of the molecule is CCC(C)(O)C(=O)Cc1cccc2ccccc12. The lowest BCUT2D eigenvalue weighted by Gasteiger charge is -2.19. The number of rotatable bonds is 4. The summed E-state index contributed by atoms with van der Waals surface area (Å²) in [6.07, 6.45) is 0.721. The van der Waals surface area contributed by atoms with Gasteiger partial charge >= 0.3 is 0 Å². The number of carbonyl (C=O) groups is 1. The second-order valence-corrected chi connectivity index (χ2v) is 4.87. The lowest BCUT2D eigenvalue weighted by atomic mass is 9.91. The molecule has 0 amide bonds. The zero-order valence-electron chi connectivity index (χ0n) is 10.8. The highest BCUT2D eigenvalue weighted by Crippen LogP contribution is 2.21. The average Bonchev–Trinajstić information content (AvgIpc) is 2.39. The summed E-state index contributed by atoms with van der Waals surface area (Å²) in [7, 11) is 0. The average molecular weight is 242 g/mol. The van der Waals surface area contributed by atoms with Gasteiger partial charge in [0.05, 0.1) is 0 Å². The van der Waals surface area contributed by atoms with Gasteiger partial charge in [-0.2, -0.15) is 0 Å². The number of fused-ring (bicyclic) bond motifs is 1. The number of hydrogen-bond acceptors (Lipinski definition) is 2. The van der Waals surface area contributed by atoms with Gasteiger partial charge in [-0.25, -0.2) is 0 Å². The first kappa shape index (κ1) is 12.8. The molecule has 2 aromatic carbocycles. The number of aliphatic hydroxyl groups is 1. The van der Waals surface area contributed by atoms with Crippen LogP contribution in [0.25, 0.3) is 10.8 Å². The molecule has 1 unspecified atom stereocenters. The van der Waals surface area contributed by atoms with Gasteiger partial charge in [0.15, 0.2) is 5.78 Å². The summed E-state index contributed by atoms with van der Waals surface area (Å²) in [4.78, 5) is 12.1. The summed E-state index contributed by atoms with van der Waals surface area (Å²) >= 11 is 0. The smallest absolute Gasteiger partial charge is 0.168 e. The Labute approximate surface area is 107 Å². The Bertz CT molecular complexity index is 565. The highest BCUT2D eigenvalue weighted by atomic mass is 16.3. The van der Waals surface area contributed by atoms with Gasteiger partial charge in [0.25, 0.3) is 0 Å². The monoisotopic (exact) mass is 242 g/mol. The Morgan fingerprint density at radius 1 is 1.17 bits per heavy atom. The maximum absolute atomic E-state index is 12.1.